The molecule has 1 aromatic rings. The molecule has 0 saturated heterocycles. The van der Waals surface area contributed by atoms with Crippen LogP contribution in [0.3, 0.4) is 0 Å². The zero-order valence-corrected chi connectivity index (χ0v) is 15.1. The van der Waals surface area contributed by atoms with Crippen molar-refractivity contribution in [1.82, 2.24) is 5.32 Å². The minimum atomic E-state index is -0.532. The second kappa shape index (κ2) is 8.65. The Morgan fingerprint density at radius 2 is 2.08 bits per heavy atom. The fourth-order valence-corrected chi connectivity index (χ4v) is 3.28. The normalized spacial score (nSPS) is 22.0. The summed E-state index contributed by atoms with van der Waals surface area (Å²) < 4.78 is 5.06. The van der Waals surface area contributed by atoms with E-state index in [2.05, 4.69) is 22.6 Å². The second-order valence-electron chi connectivity index (χ2n) is 6.56. The monoisotopic (exact) mass is 355 g/mol. The molecule has 0 fully saturated rings. The molecule has 0 bridgehead atoms. The van der Waals surface area contributed by atoms with E-state index in [-0.39, 0.29) is 24.6 Å². The summed E-state index contributed by atoms with van der Waals surface area (Å²) in [5.41, 5.74) is 1.07. The summed E-state index contributed by atoms with van der Waals surface area (Å²) in [7, 11) is 0. The van der Waals surface area contributed by atoms with Crippen LogP contribution in [0, 0.1) is 5.92 Å². The number of esters is 1. The van der Waals surface area contributed by atoms with Crippen molar-refractivity contribution in [2.75, 3.05) is 18.2 Å². The average molecular weight is 355 g/mol. The number of carbonyl (C=O) groups is 2. The van der Waals surface area contributed by atoms with Gasteiger partial charge < -0.3 is 10.1 Å². The van der Waals surface area contributed by atoms with Crippen LogP contribution < -0.4 is 10.3 Å². The minimum Gasteiger partial charge on any atom is -0.461 e. The predicted molar refractivity (Wildman–Crippen MR) is 101 cm³/mol. The summed E-state index contributed by atoms with van der Waals surface area (Å²) in [6, 6.07) is 8.90. The van der Waals surface area contributed by atoms with Crippen LogP contribution in [0.15, 0.2) is 47.6 Å². The molecule has 0 radical (unpaired) electrons. The van der Waals surface area contributed by atoms with Crippen molar-refractivity contribution in [3.8, 4) is 0 Å². The van der Waals surface area contributed by atoms with Crippen LogP contribution in [0.2, 0.25) is 0 Å². The maximum absolute atomic E-state index is 12.8. The predicted octanol–water partition coefficient (Wildman–Crippen LogP) is 2.66. The minimum absolute atomic E-state index is 0.105. The zero-order chi connectivity index (χ0) is 18.4. The third-order valence-electron chi connectivity index (χ3n) is 4.69. The summed E-state index contributed by atoms with van der Waals surface area (Å²) >= 11 is 0. The molecule has 1 aliphatic heterocycles. The smallest absolute Gasteiger partial charge is 0.354 e. The fraction of sp³-hybridized carbons (Fsp3) is 0.450. The molecule has 0 saturated carbocycles. The van der Waals surface area contributed by atoms with Gasteiger partial charge in [-0.1, -0.05) is 30.4 Å². The summed E-state index contributed by atoms with van der Waals surface area (Å²) in [6.45, 7) is 2.69. The Bertz CT molecular complexity index is 700. The number of hydrogen-bond donors (Lipinski definition) is 1. The number of para-hydroxylation sites is 1. The third-order valence-corrected chi connectivity index (χ3v) is 4.69. The number of hydrazone groups is 1. The molecule has 2 aliphatic rings. The highest BCUT2D eigenvalue weighted by atomic mass is 16.5. The van der Waals surface area contributed by atoms with Crippen molar-refractivity contribution < 1.29 is 14.3 Å². The van der Waals surface area contributed by atoms with Gasteiger partial charge in [0.2, 0.25) is 5.91 Å². The molecule has 1 amide bonds. The van der Waals surface area contributed by atoms with Crippen LogP contribution in [0.1, 0.15) is 32.6 Å². The molecule has 3 rings (SSSR count). The van der Waals surface area contributed by atoms with Crippen molar-refractivity contribution >= 4 is 23.3 Å². The summed E-state index contributed by atoms with van der Waals surface area (Å²) in [4.78, 5) is 24.9. The maximum atomic E-state index is 12.8. The van der Waals surface area contributed by atoms with Gasteiger partial charge in [0.05, 0.1) is 12.3 Å². The first-order chi connectivity index (χ1) is 12.7. The first kappa shape index (κ1) is 18.2. The Morgan fingerprint density at radius 3 is 2.77 bits per heavy atom. The standard InChI is InChI=1S/C20H25N3O3/c1-2-26-20(25)17-13-18(23(22-17)16-11-7-4-8-12-16)19(24)21-14-15-9-5-3-6-10-15/h3-5,7-8,11-12,15,18H,2,6,9-10,13-14H2,1H3,(H,21,24)/t15-,18-/m0/s1. The van der Waals surface area contributed by atoms with E-state index in [4.69, 9.17) is 4.74 Å². The lowest BCUT2D eigenvalue weighted by Gasteiger charge is -2.24. The number of nitrogens with one attached hydrogen (secondary N) is 1. The van der Waals surface area contributed by atoms with E-state index in [1.165, 1.54) is 0 Å². The number of amides is 1. The lowest BCUT2D eigenvalue weighted by Crippen LogP contribution is -2.44. The van der Waals surface area contributed by atoms with Crippen LogP contribution in [-0.4, -0.2) is 36.8 Å². The van der Waals surface area contributed by atoms with Gasteiger partial charge in [-0.2, -0.15) is 5.10 Å². The molecule has 0 aromatic heterocycles. The quantitative estimate of drug-likeness (QED) is 0.629. The van der Waals surface area contributed by atoms with Crippen molar-refractivity contribution in [2.45, 2.75) is 38.6 Å². The Balaban J connectivity index is 1.70. The van der Waals surface area contributed by atoms with Gasteiger partial charge in [0.1, 0.15) is 11.8 Å². The molecule has 0 unspecified atom stereocenters. The van der Waals surface area contributed by atoms with Crippen molar-refractivity contribution in [3.63, 3.8) is 0 Å². The SMILES string of the molecule is CCOC(=O)C1=NN(c2ccccc2)[C@H](C(=O)NC[C@H]2CC=CCC2)C1. The third kappa shape index (κ3) is 4.31. The number of hydrogen-bond acceptors (Lipinski definition) is 5. The summed E-state index contributed by atoms with van der Waals surface area (Å²) in [5.74, 6) is -0.0893. The molecular formula is C20H25N3O3. The number of allylic oxidation sites excluding steroid dienone is 2. The molecular weight excluding hydrogens is 330 g/mol. The Morgan fingerprint density at radius 1 is 1.27 bits per heavy atom. The molecule has 2 atom stereocenters. The molecule has 138 valence electrons. The van der Waals surface area contributed by atoms with Gasteiger partial charge in [-0.05, 0) is 44.2 Å². The van der Waals surface area contributed by atoms with Gasteiger partial charge in [-0.3, -0.25) is 9.80 Å². The molecule has 0 spiro atoms. The number of nitrogens with zero attached hydrogens (tertiary/aromatic N) is 2. The average Bonchev–Trinajstić information content (AvgIpc) is 3.13. The molecule has 6 heteroatoms. The van der Waals surface area contributed by atoms with E-state index >= 15 is 0 Å². The Hall–Kier alpha value is -2.63. The van der Waals surface area contributed by atoms with Crippen molar-refractivity contribution in [1.29, 1.82) is 0 Å². The lowest BCUT2D eigenvalue weighted by molar-refractivity contribution is -0.135. The van der Waals surface area contributed by atoms with Crippen LogP contribution >= 0.6 is 0 Å². The highest BCUT2D eigenvalue weighted by Crippen LogP contribution is 2.25. The van der Waals surface area contributed by atoms with Gasteiger partial charge in [-0.15, -0.1) is 0 Å². The largest absolute Gasteiger partial charge is 0.461 e. The topological polar surface area (TPSA) is 71.0 Å². The summed E-state index contributed by atoms with van der Waals surface area (Å²) in [6.07, 6.45) is 7.77. The van der Waals surface area contributed by atoms with Crippen LogP contribution in [0.25, 0.3) is 0 Å². The highest BCUT2D eigenvalue weighted by molar-refractivity contribution is 6.38. The second-order valence-corrected chi connectivity index (χ2v) is 6.56. The Kier molecular flexibility index (Phi) is 6.04. The Labute approximate surface area is 153 Å². The first-order valence-corrected chi connectivity index (χ1v) is 9.20. The van der Waals surface area contributed by atoms with Crippen LogP contribution in [0.4, 0.5) is 5.69 Å². The molecule has 1 N–H and O–H groups in total. The van der Waals surface area contributed by atoms with E-state index in [0.29, 0.717) is 12.5 Å². The van der Waals surface area contributed by atoms with E-state index in [9.17, 15) is 9.59 Å². The maximum Gasteiger partial charge on any atom is 0.354 e. The van der Waals surface area contributed by atoms with Gasteiger partial charge >= 0.3 is 5.97 Å². The van der Waals surface area contributed by atoms with Gasteiger partial charge in [0.25, 0.3) is 0 Å². The number of rotatable bonds is 6. The number of benzene rings is 1. The highest BCUT2D eigenvalue weighted by Gasteiger charge is 2.36. The molecule has 1 aliphatic carbocycles. The molecule has 26 heavy (non-hydrogen) atoms. The zero-order valence-electron chi connectivity index (χ0n) is 15.1. The van der Waals surface area contributed by atoms with Crippen LogP contribution in [-0.2, 0) is 14.3 Å². The number of carbonyl (C=O) groups excluding carboxylic acids is 2. The van der Waals surface area contributed by atoms with Crippen molar-refractivity contribution in [3.05, 3.63) is 42.5 Å². The van der Waals surface area contributed by atoms with Crippen LogP contribution in [0.5, 0.6) is 0 Å². The summed E-state index contributed by atoms with van der Waals surface area (Å²) in [5, 5.41) is 9.05. The lowest BCUT2D eigenvalue weighted by atomic mass is 9.94. The van der Waals surface area contributed by atoms with E-state index in [0.717, 1.165) is 24.9 Å². The van der Waals surface area contributed by atoms with Gasteiger partial charge in [0, 0.05) is 13.0 Å². The van der Waals surface area contributed by atoms with Gasteiger partial charge in [0.15, 0.2) is 0 Å². The molecule has 1 aromatic carbocycles. The van der Waals surface area contributed by atoms with E-state index in [1.807, 2.05) is 30.3 Å². The van der Waals surface area contributed by atoms with Crippen molar-refractivity contribution in [2.24, 2.45) is 11.0 Å². The number of anilines is 1. The molecule has 1 heterocycles. The molecule has 6 nitrogen and oxygen atoms in total. The van der Waals surface area contributed by atoms with E-state index in [1.54, 1.807) is 11.9 Å². The van der Waals surface area contributed by atoms with E-state index < -0.39 is 12.0 Å². The fourth-order valence-electron chi connectivity index (χ4n) is 3.28. The first-order valence-electron chi connectivity index (χ1n) is 9.20. The number of ether oxygens (including phenoxy) is 1. The van der Waals surface area contributed by atoms with Gasteiger partial charge in [-0.25, -0.2) is 4.79 Å².